The minimum atomic E-state index is 0.182. The number of anilines is 2. The zero-order chi connectivity index (χ0) is 15.8. The number of ether oxygens (including phenoxy) is 1. The molecule has 1 heterocycles. The predicted octanol–water partition coefficient (Wildman–Crippen LogP) is 3.08. The van der Waals surface area contributed by atoms with Crippen molar-refractivity contribution in [3.8, 4) is 11.5 Å². The van der Waals surface area contributed by atoms with Gasteiger partial charge in [-0.2, -0.15) is 4.98 Å². The third-order valence-corrected chi connectivity index (χ3v) is 3.19. The van der Waals surface area contributed by atoms with Crippen LogP contribution in [0.3, 0.4) is 0 Å². The number of benzene rings is 1. The number of rotatable bonds is 8. The Labute approximate surface area is 134 Å². The highest BCUT2D eigenvalue weighted by atomic mass is 35.5. The van der Waals surface area contributed by atoms with Gasteiger partial charge in [-0.3, -0.25) is 0 Å². The van der Waals surface area contributed by atoms with Crippen LogP contribution in [-0.2, 0) is 0 Å². The summed E-state index contributed by atoms with van der Waals surface area (Å²) >= 11 is 5.85. The molecule has 0 saturated heterocycles. The number of aliphatic hydroxyl groups is 1. The number of halogens is 1. The normalized spacial score (nSPS) is 10.5. The molecule has 0 spiro atoms. The topological polar surface area (TPSA) is 93.3 Å². The lowest BCUT2D eigenvalue weighted by Crippen LogP contribution is -2.07. The molecule has 0 bridgehead atoms. The van der Waals surface area contributed by atoms with Crippen molar-refractivity contribution >= 4 is 23.4 Å². The highest BCUT2D eigenvalue weighted by Gasteiger charge is 2.08. The summed E-state index contributed by atoms with van der Waals surface area (Å²) in [6, 6.07) is 7.03. The van der Waals surface area contributed by atoms with Crippen molar-refractivity contribution in [3.63, 3.8) is 0 Å². The van der Waals surface area contributed by atoms with Gasteiger partial charge in [0, 0.05) is 18.2 Å². The van der Waals surface area contributed by atoms with Crippen LogP contribution >= 0.6 is 11.6 Å². The molecule has 4 N–H and O–H groups in total. The Morgan fingerprint density at radius 3 is 2.68 bits per heavy atom. The number of nitrogens with one attached hydrogen (secondary N) is 1. The fourth-order valence-electron chi connectivity index (χ4n) is 1.84. The van der Waals surface area contributed by atoms with Crippen molar-refractivity contribution in [2.75, 3.05) is 24.2 Å². The molecule has 118 valence electrons. The Balaban J connectivity index is 2.02. The van der Waals surface area contributed by atoms with E-state index in [9.17, 15) is 0 Å². The quantitative estimate of drug-likeness (QED) is 0.647. The average molecular weight is 323 g/mol. The number of hydrogen-bond acceptors (Lipinski definition) is 6. The molecule has 0 atom stereocenters. The minimum absolute atomic E-state index is 0.182. The van der Waals surface area contributed by atoms with Gasteiger partial charge in [-0.1, -0.05) is 11.6 Å². The largest absolute Gasteiger partial charge is 0.452 e. The van der Waals surface area contributed by atoms with Crippen molar-refractivity contribution in [2.45, 2.75) is 19.3 Å². The molecule has 22 heavy (non-hydrogen) atoms. The SMILES string of the molecule is Nc1ncc(Oc2ccc(Cl)cc2)c(NCCCCCO)n1. The van der Waals surface area contributed by atoms with Crippen LogP contribution in [0.2, 0.25) is 5.02 Å². The molecule has 7 heteroatoms. The van der Waals surface area contributed by atoms with E-state index in [0.29, 0.717) is 28.9 Å². The summed E-state index contributed by atoms with van der Waals surface area (Å²) in [6.07, 6.45) is 4.19. The summed E-state index contributed by atoms with van der Waals surface area (Å²) in [5, 5.41) is 12.6. The Kier molecular flexibility index (Phi) is 6.24. The van der Waals surface area contributed by atoms with Crippen molar-refractivity contribution in [1.82, 2.24) is 9.97 Å². The van der Waals surface area contributed by atoms with Crippen LogP contribution in [0.25, 0.3) is 0 Å². The summed E-state index contributed by atoms with van der Waals surface area (Å²) in [4.78, 5) is 8.11. The lowest BCUT2D eigenvalue weighted by atomic mass is 10.2. The van der Waals surface area contributed by atoms with E-state index in [2.05, 4.69) is 15.3 Å². The molecule has 1 aromatic carbocycles. The Hall–Kier alpha value is -2.05. The molecule has 2 aromatic rings. The van der Waals surface area contributed by atoms with Crippen LogP contribution in [0.5, 0.6) is 11.5 Å². The van der Waals surface area contributed by atoms with Crippen molar-refractivity contribution < 1.29 is 9.84 Å². The smallest absolute Gasteiger partial charge is 0.222 e. The summed E-state index contributed by atoms with van der Waals surface area (Å²) in [5.74, 6) is 1.87. The maximum atomic E-state index is 8.76. The van der Waals surface area contributed by atoms with Gasteiger partial charge in [0.25, 0.3) is 0 Å². The predicted molar refractivity (Wildman–Crippen MR) is 87.4 cm³/mol. The van der Waals surface area contributed by atoms with Crippen LogP contribution in [0.15, 0.2) is 30.5 Å². The van der Waals surface area contributed by atoms with Gasteiger partial charge in [0.1, 0.15) is 5.75 Å². The van der Waals surface area contributed by atoms with Gasteiger partial charge in [0.2, 0.25) is 5.95 Å². The Morgan fingerprint density at radius 2 is 1.95 bits per heavy atom. The van der Waals surface area contributed by atoms with E-state index in [1.165, 1.54) is 6.20 Å². The molecule has 0 aliphatic carbocycles. The van der Waals surface area contributed by atoms with E-state index >= 15 is 0 Å². The number of nitrogens with two attached hydrogens (primary N) is 1. The van der Waals surface area contributed by atoms with Gasteiger partial charge in [0.15, 0.2) is 11.6 Å². The first-order valence-electron chi connectivity index (χ1n) is 7.09. The first-order chi connectivity index (χ1) is 10.7. The molecule has 1 aromatic heterocycles. The summed E-state index contributed by atoms with van der Waals surface area (Å²) in [6.45, 7) is 0.929. The number of hydrogen-bond donors (Lipinski definition) is 3. The van der Waals surface area contributed by atoms with Crippen LogP contribution in [0.1, 0.15) is 19.3 Å². The fraction of sp³-hybridized carbons (Fsp3) is 0.333. The standard InChI is InChI=1S/C15H19ClN4O2/c16-11-4-6-12(7-5-11)22-13-10-19-15(17)20-14(13)18-8-2-1-3-9-21/h4-7,10,21H,1-3,8-9H2,(H3,17,18,19,20). The molecule has 0 unspecified atom stereocenters. The lowest BCUT2D eigenvalue weighted by molar-refractivity contribution is 0.283. The van der Waals surface area contributed by atoms with Gasteiger partial charge in [-0.25, -0.2) is 4.98 Å². The summed E-state index contributed by atoms with van der Waals surface area (Å²) in [5.41, 5.74) is 5.62. The Bertz CT molecular complexity index is 593. The summed E-state index contributed by atoms with van der Waals surface area (Å²) in [7, 11) is 0. The second-order valence-corrected chi connectivity index (χ2v) is 5.14. The third kappa shape index (κ3) is 5.05. The molecule has 6 nitrogen and oxygen atoms in total. The van der Waals surface area contributed by atoms with E-state index < -0.39 is 0 Å². The van der Waals surface area contributed by atoms with E-state index in [4.69, 9.17) is 27.2 Å². The average Bonchev–Trinajstić information content (AvgIpc) is 2.51. The first kappa shape index (κ1) is 16.3. The number of nitrogen functional groups attached to an aromatic ring is 1. The zero-order valence-electron chi connectivity index (χ0n) is 12.1. The van der Waals surface area contributed by atoms with E-state index in [1.54, 1.807) is 24.3 Å². The van der Waals surface area contributed by atoms with E-state index in [-0.39, 0.29) is 12.6 Å². The summed E-state index contributed by atoms with van der Waals surface area (Å²) < 4.78 is 5.76. The second kappa shape index (κ2) is 8.41. The van der Waals surface area contributed by atoms with Gasteiger partial charge in [-0.05, 0) is 43.5 Å². The van der Waals surface area contributed by atoms with Crippen LogP contribution in [0, 0.1) is 0 Å². The van der Waals surface area contributed by atoms with Gasteiger partial charge in [0.05, 0.1) is 6.20 Å². The number of aromatic nitrogens is 2. The monoisotopic (exact) mass is 322 g/mol. The van der Waals surface area contributed by atoms with Crippen LogP contribution in [0.4, 0.5) is 11.8 Å². The van der Waals surface area contributed by atoms with E-state index in [0.717, 1.165) is 19.3 Å². The molecule has 0 radical (unpaired) electrons. The van der Waals surface area contributed by atoms with Gasteiger partial charge >= 0.3 is 0 Å². The fourth-order valence-corrected chi connectivity index (χ4v) is 1.96. The van der Waals surface area contributed by atoms with Crippen molar-refractivity contribution in [2.24, 2.45) is 0 Å². The number of aliphatic hydroxyl groups excluding tert-OH is 1. The molecule has 0 aliphatic rings. The van der Waals surface area contributed by atoms with Crippen molar-refractivity contribution in [3.05, 3.63) is 35.5 Å². The highest BCUT2D eigenvalue weighted by molar-refractivity contribution is 6.30. The first-order valence-corrected chi connectivity index (χ1v) is 7.47. The minimum Gasteiger partial charge on any atom is -0.452 e. The van der Waals surface area contributed by atoms with E-state index in [1.807, 2.05) is 0 Å². The van der Waals surface area contributed by atoms with Gasteiger partial charge in [-0.15, -0.1) is 0 Å². The molecule has 0 fully saturated rings. The maximum Gasteiger partial charge on any atom is 0.222 e. The van der Waals surface area contributed by atoms with Crippen LogP contribution in [-0.4, -0.2) is 28.2 Å². The highest BCUT2D eigenvalue weighted by Crippen LogP contribution is 2.28. The molecule has 2 rings (SSSR count). The maximum absolute atomic E-state index is 8.76. The Morgan fingerprint density at radius 1 is 1.18 bits per heavy atom. The number of nitrogens with zero attached hydrogens (tertiary/aromatic N) is 2. The molecule has 0 aliphatic heterocycles. The van der Waals surface area contributed by atoms with Crippen molar-refractivity contribution in [1.29, 1.82) is 0 Å². The molecule has 0 amide bonds. The third-order valence-electron chi connectivity index (χ3n) is 2.94. The number of unbranched alkanes of at least 4 members (excludes halogenated alkanes) is 2. The molecular weight excluding hydrogens is 304 g/mol. The van der Waals surface area contributed by atoms with Gasteiger partial charge < -0.3 is 20.9 Å². The second-order valence-electron chi connectivity index (χ2n) is 4.71. The lowest BCUT2D eigenvalue weighted by Gasteiger charge is -2.12. The molecule has 0 saturated carbocycles. The molecular formula is C15H19ClN4O2. The van der Waals surface area contributed by atoms with Crippen LogP contribution < -0.4 is 15.8 Å². The zero-order valence-corrected chi connectivity index (χ0v) is 12.9.